The van der Waals surface area contributed by atoms with E-state index in [1.807, 2.05) is 30.3 Å². The SMILES string of the molecule is CC1CCCN(CC(=O)NCc2ccccc2)C1CO. The number of aliphatic hydroxyl groups is 1. The highest BCUT2D eigenvalue weighted by molar-refractivity contribution is 5.78. The van der Waals surface area contributed by atoms with Crippen LogP contribution in [0, 0.1) is 5.92 Å². The second kappa shape index (κ2) is 7.41. The van der Waals surface area contributed by atoms with Gasteiger partial charge in [-0.1, -0.05) is 37.3 Å². The first kappa shape index (κ1) is 15.0. The van der Waals surface area contributed by atoms with Crippen LogP contribution in [0.2, 0.25) is 0 Å². The molecule has 1 aliphatic heterocycles. The Morgan fingerprint density at radius 3 is 2.85 bits per heavy atom. The highest BCUT2D eigenvalue weighted by Gasteiger charge is 2.28. The minimum absolute atomic E-state index is 0.0291. The van der Waals surface area contributed by atoms with Crippen molar-refractivity contribution in [3.8, 4) is 0 Å². The summed E-state index contributed by atoms with van der Waals surface area (Å²) in [6.45, 7) is 4.12. The van der Waals surface area contributed by atoms with Crippen molar-refractivity contribution in [2.45, 2.75) is 32.4 Å². The predicted molar refractivity (Wildman–Crippen MR) is 79.1 cm³/mol. The van der Waals surface area contributed by atoms with Crippen LogP contribution >= 0.6 is 0 Å². The molecule has 1 aromatic rings. The maximum absolute atomic E-state index is 12.0. The molecule has 2 unspecified atom stereocenters. The summed E-state index contributed by atoms with van der Waals surface area (Å²) in [7, 11) is 0. The first-order valence-electron chi connectivity index (χ1n) is 7.36. The average molecular weight is 276 g/mol. The molecule has 1 amide bonds. The van der Waals surface area contributed by atoms with Gasteiger partial charge >= 0.3 is 0 Å². The highest BCUT2D eigenvalue weighted by atomic mass is 16.3. The molecule has 0 bridgehead atoms. The van der Waals surface area contributed by atoms with Crippen LogP contribution in [-0.4, -0.2) is 41.7 Å². The Bertz CT molecular complexity index is 422. The number of hydrogen-bond donors (Lipinski definition) is 2. The van der Waals surface area contributed by atoms with Crippen LogP contribution in [0.15, 0.2) is 30.3 Å². The summed E-state index contributed by atoms with van der Waals surface area (Å²) in [5.41, 5.74) is 1.10. The molecule has 4 heteroatoms. The van der Waals surface area contributed by atoms with Crippen LogP contribution in [0.1, 0.15) is 25.3 Å². The lowest BCUT2D eigenvalue weighted by Crippen LogP contribution is -2.50. The van der Waals surface area contributed by atoms with Gasteiger partial charge in [-0.2, -0.15) is 0 Å². The van der Waals surface area contributed by atoms with Crippen molar-refractivity contribution in [1.82, 2.24) is 10.2 Å². The largest absolute Gasteiger partial charge is 0.395 e. The third kappa shape index (κ3) is 4.05. The second-order valence-corrected chi connectivity index (χ2v) is 5.60. The third-order valence-electron chi connectivity index (χ3n) is 4.10. The summed E-state index contributed by atoms with van der Waals surface area (Å²) < 4.78 is 0. The van der Waals surface area contributed by atoms with Crippen molar-refractivity contribution < 1.29 is 9.90 Å². The van der Waals surface area contributed by atoms with Crippen LogP contribution < -0.4 is 5.32 Å². The van der Waals surface area contributed by atoms with Crippen LogP contribution in [-0.2, 0) is 11.3 Å². The van der Waals surface area contributed by atoms with Crippen LogP contribution in [0.3, 0.4) is 0 Å². The van der Waals surface area contributed by atoms with E-state index in [-0.39, 0.29) is 18.6 Å². The molecule has 1 aromatic carbocycles. The van der Waals surface area contributed by atoms with Gasteiger partial charge in [-0.3, -0.25) is 9.69 Å². The molecule has 0 aliphatic carbocycles. The number of hydrogen-bond acceptors (Lipinski definition) is 3. The second-order valence-electron chi connectivity index (χ2n) is 5.60. The van der Waals surface area contributed by atoms with Gasteiger partial charge in [-0.15, -0.1) is 0 Å². The number of rotatable bonds is 5. The van der Waals surface area contributed by atoms with Crippen molar-refractivity contribution in [1.29, 1.82) is 0 Å². The van der Waals surface area contributed by atoms with Crippen molar-refractivity contribution in [3.63, 3.8) is 0 Å². The molecule has 0 saturated carbocycles. The van der Waals surface area contributed by atoms with Crippen LogP contribution in [0.5, 0.6) is 0 Å². The van der Waals surface area contributed by atoms with Crippen LogP contribution in [0.25, 0.3) is 0 Å². The lowest BCUT2D eigenvalue weighted by Gasteiger charge is -2.38. The van der Waals surface area contributed by atoms with E-state index >= 15 is 0 Å². The molecule has 1 fully saturated rings. The lowest BCUT2D eigenvalue weighted by molar-refractivity contribution is -0.124. The zero-order valence-corrected chi connectivity index (χ0v) is 12.1. The van der Waals surface area contributed by atoms with Gasteiger partial charge in [-0.25, -0.2) is 0 Å². The summed E-state index contributed by atoms with van der Waals surface area (Å²) in [6, 6.07) is 10.0. The quantitative estimate of drug-likeness (QED) is 0.854. The highest BCUT2D eigenvalue weighted by Crippen LogP contribution is 2.22. The lowest BCUT2D eigenvalue weighted by atomic mass is 9.91. The Morgan fingerprint density at radius 1 is 1.40 bits per heavy atom. The van der Waals surface area contributed by atoms with E-state index in [2.05, 4.69) is 17.1 Å². The maximum Gasteiger partial charge on any atom is 0.234 e. The molecule has 0 spiro atoms. The minimum atomic E-state index is 0.0291. The molecule has 2 rings (SSSR count). The van der Waals surface area contributed by atoms with Gasteiger partial charge < -0.3 is 10.4 Å². The number of piperidine rings is 1. The van der Waals surface area contributed by atoms with E-state index in [4.69, 9.17) is 0 Å². The van der Waals surface area contributed by atoms with E-state index < -0.39 is 0 Å². The van der Waals surface area contributed by atoms with Crippen molar-refractivity contribution in [2.75, 3.05) is 19.7 Å². The minimum Gasteiger partial charge on any atom is -0.395 e. The zero-order chi connectivity index (χ0) is 14.4. The van der Waals surface area contributed by atoms with E-state index in [0.29, 0.717) is 19.0 Å². The van der Waals surface area contributed by atoms with Crippen molar-refractivity contribution in [3.05, 3.63) is 35.9 Å². The van der Waals surface area contributed by atoms with Crippen molar-refractivity contribution in [2.24, 2.45) is 5.92 Å². The number of nitrogens with zero attached hydrogens (tertiary/aromatic N) is 1. The van der Waals surface area contributed by atoms with Gasteiger partial charge in [0, 0.05) is 12.6 Å². The smallest absolute Gasteiger partial charge is 0.234 e. The molecule has 1 saturated heterocycles. The number of likely N-dealkylation sites (tertiary alicyclic amines) is 1. The molecule has 0 aromatic heterocycles. The summed E-state index contributed by atoms with van der Waals surface area (Å²) >= 11 is 0. The average Bonchev–Trinajstić information content (AvgIpc) is 2.46. The van der Waals surface area contributed by atoms with Crippen molar-refractivity contribution >= 4 is 5.91 Å². The van der Waals surface area contributed by atoms with Gasteiger partial charge in [-0.05, 0) is 30.9 Å². The Balaban J connectivity index is 1.81. The molecule has 110 valence electrons. The number of aliphatic hydroxyl groups excluding tert-OH is 1. The maximum atomic E-state index is 12.0. The number of carbonyl (C=O) groups excluding carboxylic acids is 1. The summed E-state index contributed by atoms with van der Waals surface area (Å²) in [6.07, 6.45) is 2.23. The van der Waals surface area contributed by atoms with Gasteiger partial charge in [0.1, 0.15) is 0 Å². The van der Waals surface area contributed by atoms with Gasteiger partial charge in [0.15, 0.2) is 0 Å². The van der Waals surface area contributed by atoms with Gasteiger partial charge in [0.05, 0.1) is 13.2 Å². The Hall–Kier alpha value is -1.39. The molecule has 1 heterocycles. The van der Waals surface area contributed by atoms with E-state index in [1.54, 1.807) is 0 Å². The molecule has 4 nitrogen and oxygen atoms in total. The molecule has 20 heavy (non-hydrogen) atoms. The molecule has 1 aliphatic rings. The number of amides is 1. The molecular weight excluding hydrogens is 252 g/mol. The number of carbonyl (C=O) groups is 1. The Kier molecular flexibility index (Phi) is 5.56. The van der Waals surface area contributed by atoms with Gasteiger partial charge in [0.25, 0.3) is 0 Å². The van der Waals surface area contributed by atoms with E-state index in [0.717, 1.165) is 24.9 Å². The third-order valence-corrected chi connectivity index (χ3v) is 4.10. The summed E-state index contributed by atoms with van der Waals surface area (Å²) in [5, 5.41) is 12.4. The standard InChI is InChI=1S/C16H24N2O2/c1-13-6-5-9-18(15(13)12-19)11-16(20)17-10-14-7-3-2-4-8-14/h2-4,7-8,13,15,19H,5-6,9-12H2,1H3,(H,17,20). The number of benzene rings is 1. The molecular formula is C16H24N2O2. The zero-order valence-electron chi connectivity index (χ0n) is 12.1. The fourth-order valence-corrected chi connectivity index (χ4v) is 2.86. The molecule has 2 N–H and O–H groups in total. The molecule has 0 radical (unpaired) electrons. The van der Waals surface area contributed by atoms with E-state index in [1.165, 1.54) is 0 Å². The fourth-order valence-electron chi connectivity index (χ4n) is 2.86. The van der Waals surface area contributed by atoms with E-state index in [9.17, 15) is 9.90 Å². The fraction of sp³-hybridized carbons (Fsp3) is 0.562. The molecule has 2 atom stereocenters. The Labute approximate surface area is 120 Å². The predicted octanol–water partition coefficient (Wildman–Crippen LogP) is 1.40. The normalized spacial score (nSPS) is 23.5. The topological polar surface area (TPSA) is 52.6 Å². The summed E-state index contributed by atoms with van der Waals surface area (Å²) in [5.74, 6) is 0.483. The summed E-state index contributed by atoms with van der Waals surface area (Å²) in [4.78, 5) is 14.1. The van der Waals surface area contributed by atoms with Crippen LogP contribution in [0.4, 0.5) is 0 Å². The first-order chi connectivity index (χ1) is 9.70. The Morgan fingerprint density at radius 2 is 2.15 bits per heavy atom. The van der Waals surface area contributed by atoms with Gasteiger partial charge in [0.2, 0.25) is 5.91 Å². The first-order valence-corrected chi connectivity index (χ1v) is 7.36. The monoisotopic (exact) mass is 276 g/mol. The number of nitrogens with one attached hydrogen (secondary N) is 1.